The molecule has 8 heteroatoms. The zero-order valence-corrected chi connectivity index (χ0v) is 15.8. The highest BCUT2D eigenvalue weighted by atomic mass is 16.5. The monoisotopic (exact) mass is 365 g/mol. The number of carbonyl (C=O) groups is 2. The molecule has 2 heterocycles. The van der Waals surface area contributed by atoms with Crippen LogP contribution in [-0.4, -0.2) is 56.7 Å². The second-order valence-electron chi connectivity index (χ2n) is 6.11. The minimum Gasteiger partial charge on any atom is -0.466 e. The summed E-state index contributed by atoms with van der Waals surface area (Å²) in [4.78, 5) is 30.0. The Bertz CT molecular complexity index is 668. The number of rotatable bonds is 5. The number of piperidine rings is 1. The van der Waals surface area contributed by atoms with Gasteiger partial charge in [-0.05, 0) is 32.8 Å². The van der Waals surface area contributed by atoms with Gasteiger partial charge in [0.2, 0.25) is 0 Å². The van der Waals surface area contributed by atoms with Gasteiger partial charge >= 0.3 is 11.9 Å². The van der Waals surface area contributed by atoms with E-state index in [1.807, 2.05) is 11.8 Å². The fourth-order valence-corrected chi connectivity index (χ4v) is 3.06. The van der Waals surface area contributed by atoms with E-state index in [2.05, 4.69) is 10.3 Å². The second kappa shape index (κ2) is 9.26. The van der Waals surface area contributed by atoms with Crippen LogP contribution in [0.2, 0.25) is 0 Å². The van der Waals surface area contributed by atoms with Crippen molar-refractivity contribution in [1.82, 2.24) is 10.2 Å². The fraction of sp³-hybridized carbons (Fsp3) is 0.611. The molecule has 144 valence electrons. The van der Waals surface area contributed by atoms with E-state index in [9.17, 15) is 9.59 Å². The number of nitrogens with zero attached hydrogens (tertiary/aromatic N) is 2. The highest BCUT2D eigenvalue weighted by Gasteiger charge is 2.28. The molecule has 8 nitrogen and oxygen atoms in total. The third-order valence-electron chi connectivity index (χ3n) is 4.35. The molecule has 1 unspecified atom stereocenters. The third kappa shape index (κ3) is 4.77. The number of ether oxygens (including phenoxy) is 2. The highest BCUT2D eigenvalue weighted by Crippen LogP contribution is 2.19. The first-order chi connectivity index (χ1) is 12.5. The third-order valence-corrected chi connectivity index (χ3v) is 4.35. The highest BCUT2D eigenvalue weighted by molar-refractivity contribution is 5.90. The lowest BCUT2D eigenvalue weighted by Gasteiger charge is -2.33. The van der Waals surface area contributed by atoms with E-state index in [1.54, 1.807) is 20.0 Å². The van der Waals surface area contributed by atoms with Gasteiger partial charge in [0.25, 0.3) is 0 Å². The molecule has 1 aliphatic heterocycles. The first-order valence-corrected chi connectivity index (χ1v) is 8.80. The van der Waals surface area contributed by atoms with E-state index in [1.165, 1.54) is 7.11 Å². The summed E-state index contributed by atoms with van der Waals surface area (Å²) in [6.45, 7) is 5.70. The number of likely N-dealkylation sites (tertiary alicyclic amines) is 1. The zero-order valence-electron chi connectivity index (χ0n) is 15.8. The van der Waals surface area contributed by atoms with Crippen LogP contribution < -0.4 is 5.32 Å². The maximum Gasteiger partial charge on any atom is 0.341 e. The van der Waals surface area contributed by atoms with Crippen molar-refractivity contribution in [3.8, 4) is 0 Å². The molecule has 1 N–H and O–H groups in total. The van der Waals surface area contributed by atoms with Gasteiger partial charge in [-0.2, -0.15) is 0 Å². The molecule has 0 amide bonds. The number of furan rings is 1. The SMILES string of the molecule is CCOC(=O)C1CCCN(C(=NC)NCc2cc(C(=O)OC)c(C)o2)C1. The van der Waals surface area contributed by atoms with E-state index < -0.39 is 5.97 Å². The zero-order chi connectivity index (χ0) is 19.1. The van der Waals surface area contributed by atoms with Gasteiger partial charge in [-0.15, -0.1) is 0 Å². The quantitative estimate of drug-likeness (QED) is 0.482. The summed E-state index contributed by atoms with van der Waals surface area (Å²) >= 11 is 0. The van der Waals surface area contributed by atoms with Gasteiger partial charge in [0.15, 0.2) is 5.96 Å². The van der Waals surface area contributed by atoms with Crippen LogP contribution in [0.3, 0.4) is 0 Å². The van der Waals surface area contributed by atoms with Crippen molar-refractivity contribution in [2.24, 2.45) is 10.9 Å². The van der Waals surface area contributed by atoms with E-state index in [4.69, 9.17) is 13.9 Å². The Labute approximate surface area is 153 Å². The number of nitrogens with one attached hydrogen (secondary N) is 1. The number of aliphatic imine (C=N–C) groups is 1. The Kier molecular flexibility index (Phi) is 7.06. The van der Waals surface area contributed by atoms with Crippen molar-refractivity contribution in [2.45, 2.75) is 33.2 Å². The predicted octanol–water partition coefficient (Wildman–Crippen LogP) is 1.73. The topological polar surface area (TPSA) is 93.4 Å². The van der Waals surface area contributed by atoms with Crippen molar-refractivity contribution in [3.05, 3.63) is 23.2 Å². The number of guanidine groups is 1. The number of aryl methyl sites for hydroxylation is 1. The van der Waals surface area contributed by atoms with Gasteiger partial charge in [-0.25, -0.2) is 4.79 Å². The van der Waals surface area contributed by atoms with Gasteiger partial charge in [0.05, 0.1) is 26.2 Å². The molecule has 0 aromatic carbocycles. The average Bonchev–Trinajstić information content (AvgIpc) is 3.02. The number of methoxy groups -OCH3 is 1. The molecule has 0 aliphatic carbocycles. The van der Waals surface area contributed by atoms with Crippen LogP contribution in [0.4, 0.5) is 0 Å². The summed E-state index contributed by atoms with van der Waals surface area (Å²) in [5, 5.41) is 3.22. The number of hydrogen-bond acceptors (Lipinski definition) is 6. The molecule has 1 saturated heterocycles. The van der Waals surface area contributed by atoms with Crippen LogP contribution in [0.1, 0.15) is 41.6 Å². The maximum absolute atomic E-state index is 12.0. The lowest BCUT2D eigenvalue weighted by molar-refractivity contribution is -0.149. The van der Waals surface area contributed by atoms with Crippen molar-refractivity contribution < 1.29 is 23.5 Å². The molecule has 0 saturated carbocycles. The van der Waals surface area contributed by atoms with Crippen LogP contribution in [0.25, 0.3) is 0 Å². The first-order valence-electron chi connectivity index (χ1n) is 8.80. The molecule has 2 rings (SSSR count). The van der Waals surface area contributed by atoms with Crippen LogP contribution in [0.15, 0.2) is 15.5 Å². The fourth-order valence-electron chi connectivity index (χ4n) is 3.06. The molecule has 26 heavy (non-hydrogen) atoms. The molecule has 1 aromatic heterocycles. The van der Waals surface area contributed by atoms with Crippen LogP contribution >= 0.6 is 0 Å². The van der Waals surface area contributed by atoms with Crippen LogP contribution in [-0.2, 0) is 20.8 Å². The van der Waals surface area contributed by atoms with E-state index in [-0.39, 0.29) is 11.9 Å². The molecule has 1 aliphatic rings. The minimum atomic E-state index is -0.421. The molecule has 0 spiro atoms. The molecule has 1 aromatic rings. The van der Waals surface area contributed by atoms with Gasteiger partial charge < -0.3 is 24.1 Å². The summed E-state index contributed by atoms with van der Waals surface area (Å²) < 4.78 is 15.5. The standard InChI is InChI=1S/C18H27N3O5/c1-5-25-16(22)13-7-6-8-21(11-13)18(19-3)20-10-14-9-15(12(2)26-14)17(23)24-4/h9,13H,5-8,10-11H2,1-4H3,(H,19,20). The Morgan fingerprint density at radius 1 is 1.46 bits per heavy atom. The van der Waals surface area contributed by atoms with Crippen molar-refractivity contribution in [3.63, 3.8) is 0 Å². The molecule has 1 fully saturated rings. The smallest absolute Gasteiger partial charge is 0.341 e. The average molecular weight is 365 g/mol. The molecule has 1 atom stereocenters. The lowest BCUT2D eigenvalue weighted by atomic mass is 9.98. The number of esters is 2. The van der Waals surface area contributed by atoms with Gasteiger partial charge in [-0.1, -0.05) is 0 Å². The largest absolute Gasteiger partial charge is 0.466 e. The van der Waals surface area contributed by atoms with Crippen LogP contribution in [0.5, 0.6) is 0 Å². The predicted molar refractivity (Wildman–Crippen MR) is 95.9 cm³/mol. The van der Waals surface area contributed by atoms with Gasteiger partial charge in [0, 0.05) is 20.1 Å². The summed E-state index contributed by atoms with van der Waals surface area (Å²) in [5.41, 5.74) is 0.416. The summed E-state index contributed by atoms with van der Waals surface area (Å²) in [6, 6.07) is 1.67. The number of hydrogen-bond donors (Lipinski definition) is 1. The number of carbonyl (C=O) groups excluding carboxylic acids is 2. The molecular formula is C18H27N3O5. The van der Waals surface area contributed by atoms with E-state index >= 15 is 0 Å². The Morgan fingerprint density at radius 3 is 2.88 bits per heavy atom. The Morgan fingerprint density at radius 2 is 2.23 bits per heavy atom. The van der Waals surface area contributed by atoms with Crippen molar-refractivity contribution >= 4 is 17.9 Å². The normalized spacial score (nSPS) is 17.8. The molecule has 0 radical (unpaired) electrons. The lowest BCUT2D eigenvalue weighted by Crippen LogP contribution is -2.48. The first kappa shape index (κ1) is 19.8. The van der Waals surface area contributed by atoms with E-state index in [0.29, 0.717) is 42.7 Å². The van der Waals surface area contributed by atoms with Crippen molar-refractivity contribution in [1.29, 1.82) is 0 Å². The Hall–Kier alpha value is -2.51. The van der Waals surface area contributed by atoms with Gasteiger partial charge in [-0.3, -0.25) is 9.79 Å². The second-order valence-corrected chi connectivity index (χ2v) is 6.11. The summed E-state index contributed by atoms with van der Waals surface area (Å²) in [7, 11) is 3.04. The van der Waals surface area contributed by atoms with Gasteiger partial charge in [0.1, 0.15) is 17.1 Å². The summed E-state index contributed by atoms with van der Waals surface area (Å²) in [6.07, 6.45) is 1.72. The van der Waals surface area contributed by atoms with Crippen LogP contribution in [0, 0.1) is 12.8 Å². The van der Waals surface area contributed by atoms with E-state index in [0.717, 1.165) is 19.4 Å². The molecular weight excluding hydrogens is 338 g/mol. The maximum atomic E-state index is 12.0. The minimum absolute atomic E-state index is 0.140. The van der Waals surface area contributed by atoms with Crippen molar-refractivity contribution in [2.75, 3.05) is 33.9 Å². The summed E-state index contributed by atoms with van der Waals surface area (Å²) in [5.74, 6) is 1.10. The molecule has 0 bridgehead atoms. The Balaban J connectivity index is 1.97.